The van der Waals surface area contributed by atoms with Crippen LogP contribution < -0.4 is 4.90 Å². The predicted molar refractivity (Wildman–Crippen MR) is 216 cm³/mol. The maximum absolute atomic E-state index is 6.28. The number of nitrogens with zero attached hydrogens (tertiary/aromatic N) is 2. The van der Waals surface area contributed by atoms with Gasteiger partial charge in [0.1, 0.15) is 22.3 Å². The molecule has 0 unspecified atom stereocenters. The molecule has 4 aromatic heterocycles. The first kappa shape index (κ1) is 27.7. The number of fused-ring (bicyclic) bond motifs is 12. The van der Waals surface area contributed by atoms with Crippen LogP contribution in [0.25, 0.3) is 93.1 Å². The Morgan fingerprint density at radius 2 is 0.865 bits per heavy atom. The van der Waals surface area contributed by atoms with Crippen molar-refractivity contribution >= 4 is 99.0 Å². The molecule has 0 aliphatic carbocycles. The van der Waals surface area contributed by atoms with Crippen LogP contribution in [0, 0.1) is 0 Å². The number of para-hydroxylation sites is 5. The minimum Gasteiger partial charge on any atom is -0.456 e. The van der Waals surface area contributed by atoms with E-state index in [1.807, 2.05) is 24.3 Å². The van der Waals surface area contributed by atoms with Crippen LogP contribution in [-0.2, 0) is 0 Å². The van der Waals surface area contributed by atoms with E-state index >= 15 is 0 Å². The van der Waals surface area contributed by atoms with Crippen molar-refractivity contribution in [2.75, 3.05) is 4.90 Å². The van der Waals surface area contributed by atoms with E-state index in [1.54, 1.807) is 0 Å². The summed E-state index contributed by atoms with van der Waals surface area (Å²) >= 11 is 0. The maximum atomic E-state index is 6.28. The average Bonchev–Trinajstić information content (AvgIpc) is 3.95. The number of benzene rings is 8. The van der Waals surface area contributed by atoms with Gasteiger partial charge in [-0.3, -0.25) is 0 Å². The molecule has 4 nitrogen and oxygen atoms in total. The van der Waals surface area contributed by atoms with Crippen molar-refractivity contribution in [1.29, 1.82) is 0 Å². The Labute approximate surface area is 297 Å². The highest BCUT2D eigenvalue weighted by Gasteiger charge is 2.24. The molecule has 4 heterocycles. The number of aromatic nitrogens is 1. The molecule has 0 aliphatic rings. The monoisotopic (exact) mass is 664 g/mol. The van der Waals surface area contributed by atoms with E-state index in [1.165, 1.54) is 38.1 Å². The van der Waals surface area contributed by atoms with Crippen molar-refractivity contribution in [3.63, 3.8) is 0 Å². The lowest BCUT2D eigenvalue weighted by Crippen LogP contribution is -2.11. The van der Waals surface area contributed by atoms with Gasteiger partial charge in [0.2, 0.25) is 0 Å². The second kappa shape index (κ2) is 10.3. The van der Waals surface area contributed by atoms with E-state index in [-0.39, 0.29) is 0 Å². The van der Waals surface area contributed by atoms with Gasteiger partial charge in [0.25, 0.3) is 0 Å². The Bertz CT molecular complexity index is 3360. The second-order valence-electron chi connectivity index (χ2n) is 13.7. The zero-order valence-electron chi connectivity index (χ0n) is 27.9. The molecule has 0 spiro atoms. The van der Waals surface area contributed by atoms with Gasteiger partial charge in [0.05, 0.1) is 22.2 Å². The molecule has 242 valence electrons. The van der Waals surface area contributed by atoms with Crippen LogP contribution in [0.3, 0.4) is 0 Å². The molecule has 0 radical (unpaired) electrons. The third-order valence-electron chi connectivity index (χ3n) is 10.9. The molecule has 0 aliphatic heterocycles. The van der Waals surface area contributed by atoms with Gasteiger partial charge < -0.3 is 18.1 Å². The molecule has 12 aromatic rings. The van der Waals surface area contributed by atoms with Crippen LogP contribution in [0.2, 0.25) is 0 Å². The summed E-state index contributed by atoms with van der Waals surface area (Å²) in [6.07, 6.45) is 0. The molecule has 0 bridgehead atoms. The summed E-state index contributed by atoms with van der Waals surface area (Å²) in [6, 6.07) is 60.7. The minimum absolute atomic E-state index is 0.881. The number of anilines is 3. The van der Waals surface area contributed by atoms with E-state index in [2.05, 4.69) is 155 Å². The highest BCUT2D eigenvalue weighted by atomic mass is 16.3. The number of rotatable bonds is 4. The van der Waals surface area contributed by atoms with E-state index in [0.29, 0.717) is 0 Å². The average molecular weight is 665 g/mol. The number of hydrogen-bond donors (Lipinski definition) is 0. The fourth-order valence-corrected chi connectivity index (χ4v) is 8.62. The van der Waals surface area contributed by atoms with Crippen molar-refractivity contribution < 1.29 is 8.83 Å². The lowest BCUT2D eigenvalue weighted by molar-refractivity contribution is 0.668. The second-order valence-corrected chi connectivity index (χ2v) is 13.7. The molecule has 0 N–H and O–H groups in total. The summed E-state index contributed by atoms with van der Waals surface area (Å²) < 4.78 is 14.9. The van der Waals surface area contributed by atoms with Gasteiger partial charge in [-0.15, -0.1) is 0 Å². The summed E-state index contributed by atoms with van der Waals surface area (Å²) in [5.41, 5.74) is 12.8. The molecule has 0 saturated heterocycles. The normalized spacial score (nSPS) is 12.2. The van der Waals surface area contributed by atoms with Gasteiger partial charge in [0, 0.05) is 54.5 Å². The first-order valence-electron chi connectivity index (χ1n) is 17.7. The first-order valence-corrected chi connectivity index (χ1v) is 17.7. The van der Waals surface area contributed by atoms with E-state index in [0.717, 1.165) is 72.1 Å². The van der Waals surface area contributed by atoms with Gasteiger partial charge in [-0.2, -0.15) is 0 Å². The molecule has 0 amide bonds. The zero-order chi connectivity index (χ0) is 33.9. The van der Waals surface area contributed by atoms with Gasteiger partial charge in [0.15, 0.2) is 0 Å². The third-order valence-corrected chi connectivity index (χ3v) is 10.9. The molecule has 8 aromatic carbocycles. The molecular formula is C48H28N2O2. The summed E-state index contributed by atoms with van der Waals surface area (Å²) in [7, 11) is 0. The van der Waals surface area contributed by atoms with Gasteiger partial charge in [-0.25, -0.2) is 0 Å². The van der Waals surface area contributed by atoms with E-state index < -0.39 is 0 Å². The Morgan fingerprint density at radius 1 is 0.346 bits per heavy atom. The third kappa shape index (κ3) is 3.75. The summed E-state index contributed by atoms with van der Waals surface area (Å²) in [5, 5.41) is 9.52. The lowest BCUT2D eigenvalue weighted by atomic mass is 10.0. The largest absolute Gasteiger partial charge is 0.456 e. The van der Waals surface area contributed by atoms with Crippen LogP contribution in [0.1, 0.15) is 0 Å². The summed E-state index contributed by atoms with van der Waals surface area (Å²) in [5.74, 6) is 0. The highest BCUT2D eigenvalue weighted by molar-refractivity contribution is 6.25. The lowest BCUT2D eigenvalue weighted by Gasteiger charge is -2.27. The first-order chi connectivity index (χ1) is 25.8. The van der Waals surface area contributed by atoms with E-state index in [9.17, 15) is 0 Å². The van der Waals surface area contributed by atoms with Gasteiger partial charge >= 0.3 is 0 Å². The van der Waals surface area contributed by atoms with Crippen LogP contribution >= 0.6 is 0 Å². The zero-order valence-corrected chi connectivity index (χ0v) is 27.9. The van der Waals surface area contributed by atoms with Gasteiger partial charge in [-0.05, 0) is 77.9 Å². The SMILES string of the molecule is c1ccc2c(c1)oc1ccc(-c3ccc(N(c4ccc5oc6ccccc6c5c4)c4cccc5c6cccc7c8ccccc8n(c45)c76)cc3)cc12. The predicted octanol–water partition coefficient (Wildman–Crippen LogP) is 13.8. The van der Waals surface area contributed by atoms with Gasteiger partial charge in [-0.1, -0.05) is 103 Å². The van der Waals surface area contributed by atoms with Crippen molar-refractivity contribution in [2.45, 2.75) is 0 Å². The van der Waals surface area contributed by atoms with Crippen molar-refractivity contribution in [2.24, 2.45) is 0 Å². The minimum atomic E-state index is 0.881. The topological polar surface area (TPSA) is 33.9 Å². The van der Waals surface area contributed by atoms with Crippen molar-refractivity contribution in [3.05, 3.63) is 170 Å². The Balaban J connectivity index is 1.11. The Kier molecular flexibility index (Phi) is 5.47. The molecular weight excluding hydrogens is 637 g/mol. The molecule has 52 heavy (non-hydrogen) atoms. The number of hydrogen-bond acceptors (Lipinski definition) is 3. The van der Waals surface area contributed by atoms with Crippen LogP contribution in [0.5, 0.6) is 0 Å². The molecule has 0 fully saturated rings. The van der Waals surface area contributed by atoms with Crippen molar-refractivity contribution in [3.8, 4) is 11.1 Å². The van der Waals surface area contributed by atoms with Crippen molar-refractivity contribution in [1.82, 2.24) is 4.40 Å². The number of furan rings is 2. The van der Waals surface area contributed by atoms with E-state index in [4.69, 9.17) is 8.83 Å². The standard InChI is InChI=1S/C48H28N2O2/c1-4-15-41-33(9-1)36-12-7-13-37-38-14-8-16-42(48(38)50(41)47(36)37)49(32-24-26-46-40(28-32)35-11-3-6-18-44(35)52-46)31-22-19-29(20-23-31)30-21-25-45-39(27-30)34-10-2-5-17-43(34)51-45/h1-28H. The summed E-state index contributed by atoms with van der Waals surface area (Å²) in [4.78, 5) is 2.41. The highest BCUT2D eigenvalue weighted by Crippen LogP contribution is 2.46. The fraction of sp³-hybridized carbons (Fsp3) is 0. The Hall–Kier alpha value is -7.04. The molecule has 0 saturated carbocycles. The Morgan fingerprint density at radius 3 is 1.62 bits per heavy atom. The van der Waals surface area contributed by atoms with Crippen LogP contribution in [-0.4, -0.2) is 4.40 Å². The maximum Gasteiger partial charge on any atom is 0.135 e. The van der Waals surface area contributed by atoms with Crippen LogP contribution in [0.4, 0.5) is 17.1 Å². The molecule has 12 rings (SSSR count). The summed E-state index contributed by atoms with van der Waals surface area (Å²) in [6.45, 7) is 0. The fourth-order valence-electron chi connectivity index (χ4n) is 8.62. The molecule has 4 heteroatoms. The van der Waals surface area contributed by atoms with Crippen LogP contribution in [0.15, 0.2) is 179 Å². The molecule has 0 atom stereocenters. The quantitative estimate of drug-likeness (QED) is 0.188. The smallest absolute Gasteiger partial charge is 0.135 e.